The van der Waals surface area contributed by atoms with Gasteiger partial charge in [0.2, 0.25) is 5.95 Å². The normalized spacial score (nSPS) is 24.9. The molecule has 2 atom stereocenters. The van der Waals surface area contributed by atoms with Gasteiger partial charge in [-0.15, -0.1) is 0 Å². The van der Waals surface area contributed by atoms with Gasteiger partial charge in [0.15, 0.2) is 0 Å². The number of aliphatic hydroxyl groups excluding tert-OH is 1. The molecular formula is C25H30ClFN4O2. The number of benzene rings is 1. The summed E-state index contributed by atoms with van der Waals surface area (Å²) in [5.41, 5.74) is 3.13. The van der Waals surface area contributed by atoms with E-state index in [0.717, 1.165) is 24.1 Å². The van der Waals surface area contributed by atoms with E-state index in [0.29, 0.717) is 46.9 Å². The van der Waals surface area contributed by atoms with Crippen molar-refractivity contribution >= 4 is 28.9 Å². The summed E-state index contributed by atoms with van der Waals surface area (Å²) in [6, 6.07) is 3.22. The highest BCUT2D eigenvalue weighted by molar-refractivity contribution is 6.33. The molecule has 1 saturated heterocycles. The first-order chi connectivity index (χ1) is 15.8. The molecule has 2 aromatic rings. The lowest BCUT2D eigenvalue weighted by atomic mass is 9.72. The average Bonchev–Trinajstić information content (AvgIpc) is 3.08. The van der Waals surface area contributed by atoms with Gasteiger partial charge in [-0.3, -0.25) is 4.99 Å². The summed E-state index contributed by atoms with van der Waals surface area (Å²) in [7, 11) is 0. The Morgan fingerprint density at radius 3 is 2.73 bits per heavy atom. The van der Waals surface area contributed by atoms with Crippen LogP contribution in [0.1, 0.15) is 57.9 Å². The summed E-state index contributed by atoms with van der Waals surface area (Å²) >= 11 is 6.45. The summed E-state index contributed by atoms with van der Waals surface area (Å²) in [5, 5.41) is 13.7. The van der Waals surface area contributed by atoms with Crippen LogP contribution in [0.15, 0.2) is 23.3 Å². The third-order valence-corrected chi connectivity index (χ3v) is 7.54. The van der Waals surface area contributed by atoms with E-state index < -0.39 is 6.10 Å². The Hall–Kier alpha value is -2.09. The molecule has 176 valence electrons. The van der Waals surface area contributed by atoms with Gasteiger partial charge in [-0.2, -0.15) is 0 Å². The van der Waals surface area contributed by atoms with Crippen LogP contribution in [-0.4, -0.2) is 46.1 Å². The number of anilines is 1. The maximum Gasteiger partial charge on any atom is 0.223 e. The zero-order valence-corrected chi connectivity index (χ0v) is 19.8. The summed E-state index contributed by atoms with van der Waals surface area (Å²) in [6.45, 7) is 5.10. The first-order valence-electron chi connectivity index (χ1n) is 11.8. The van der Waals surface area contributed by atoms with Crippen molar-refractivity contribution in [3.63, 3.8) is 0 Å². The molecule has 0 radical (unpaired) electrons. The maximum absolute atomic E-state index is 15.3. The second-order valence-corrected chi connectivity index (χ2v) is 10.3. The molecule has 1 aromatic heterocycles. The third-order valence-electron chi connectivity index (χ3n) is 7.26. The molecule has 0 amide bonds. The van der Waals surface area contributed by atoms with E-state index in [1.165, 1.54) is 31.5 Å². The second-order valence-electron chi connectivity index (χ2n) is 9.88. The molecule has 0 bridgehead atoms. The maximum atomic E-state index is 15.3. The minimum absolute atomic E-state index is 0.213. The van der Waals surface area contributed by atoms with Crippen LogP contribution in [0, 0.1) is 11.7 Å². The lowest BCUT2D eigenvalue weighted by Gasteiger charge is -2.31. The van der Waals surface area contributed by atoms with Crippen LogP contribution in [0.2, 0.25) is 5.02 Å². The molecule has 2 N–H and O–H groups in total. The van der Waals surface area contributed by atoms with Crippen LogP contribution < -0.4 is 5.32 Å². The van der Waals surface area contributed by atoms with Gasteiger partial charge < -0.3 is 15.2 Å². The molecule has 1 saturated carbocycles. The number of halogens is 2. The first kappa shape index (κ1) is 22.7. The zero-order valence-electron chi connectivity index (χ0n) is 19.1. The fourth-order valence-electron chi connectivity index (χ4n) is 5.40. The molecule has 1 aliphatic carbocycles. The lowest BCUT2D eigenvalue weighted by molar-refractivity contribution is -0.0136. The van der Waals surface area contributed by atoms with Crippen molar-refractivity contribution in [2.45, 2.75) is 69.9 Å². The van der Waals surface area contributed by atoms with Crippen molar-refractivity contribution in [1.82, 2.24) is 9.97 Å². The van der Waals surface area contributed by atoms with Crippen molar-refractivity contribution in [3.8, 4) is 11.3 Å². The lowest BCUT2D eigenvalue weighted by Crippen LogP contribution is -2.42. The number of aliphatic imine (C=N–C) groups is 1. The van der Waals surface area contributed by atoms with E-state index in [4.69, 9.17) is 21.3 Å². The average molecular weight is 473 g/mol. The summed E-state index contributed by atoms with van der Waals surface area (Å²) in [4.78, 5) is 13.7. The molecule has 8 heteroatoms. The van der Waals surface area contributed by atoms with Crippen LogP contribution in [-0.2, 0) is 10.2 Å². The predicted molar refractivity (Wildman–Crippen MR) is 128 cm³/mol. The molecule has 6 nitrogen and oxygen atoms in total. The predicted octanol–water partition coefficient (Wildman–Crippen LogP) is 5.44. The third kappa shape index (κ3) is 4.27. The number of hydrogen-bond donors (Lipinski definition) is 2. The van der Waals surface area contributed by atoms with Crippen molar-refractivity contribution in [1.29, 1.82) is 0 Å². The Morgan fingerprint density at radius 2 is 1.97 bits per heavy atom. The topological polar surface area (TPSA) is 79.6 Å². The number of hydrogen-bond acceptors (Lipinski definition) is 6. The minimum Gasteiger partial charge on any atom is -0.389 e. The highest BCUT2D eigenvalue weighted by Crippen LogP contribution is 2.47. The van der Waals surface area contributed by atoms with E-state index in [1.54, 1.807) is 0 Å². The van der Waals surface area contributed by atoms with Gasteiger partial charge in [-0.05, 0) is 42.9 Å². The number of nitrogens with zero attached hydrogens (tertiary/aromatic N) is 3. The van der Waals surface area contributed by atoms with Crippen LogP contribution in [0.25, 0.3) is 11.3 Å². The van der Waals surface area contributed by atoms with Gasteiger partial charge in [0, 0.05) is 23.3 Å². The fraction of sp³-hybridized carbons (Fsp3) is 0.560. The number of nitrogens with one attached hydrogen (secondary N) is 1. The van der Waals surface area contributed by atoms with E-state index in [9.17, 15) is 5.11 Å². The second kappa shape index (κ2) is 8.93. The minimum atomic E-state index is -0.643. The van der Waals surface area contributed by atoms with E-state index in [-0.39, 0.29) is 23.9 Å². The molecule has 3 heterocycles. The molecule has 0 unspecified atom stereocenters. The Bertz CT molecular complexity index is 1080. The molecule has 3 aliphatic rings. The molecule has 5 rings (SSSR count). The number of rotatable bonds is 4. The standard InChI is InChI=1S/C25H30ClFN4O2/c1-25(2)16-10-15(11-18(27)22(16)30-23(25)14-6-4-3-5-7-14)21-17(26)12-28-24(31-21)29-19-8-9-33-13-20(19)32/h10-12,14,19-20,32H,3-9,13H2,1-2H3,(H,28,29,31)/t19-,20-/m1/s1. The molecule has 2 aliphatic heterocycles. The summed E-state index contributed by atoms with van der Waals surface area (Å²) < 4.78 is 20.6. The van der Waals surface area contributed by atoms with Gasteiger partial charge in [-0.25, -0.2) is 14.4 Å². The van der Waals surface area contributed by atoms with Crippen molar-refractivity contribution < 1.29 is 14.2 Å². The largest absolute Gasteiger partial charge is 0.389 e. The molecule has 1 aromatic carbocycles. The van der Waals surface area contributed by atoms with Crippen molar-refractivity contribution in [3.05, 3.63) is 34.7 Å². The number of aliphatic hydroxyl groups is 1. The Morgan fingerprint density at radius 1 is 1.18 bits per heavy atom. The van der Waals surface area contributed by atoms with Crippen LogP contribution in [0.5, 0.6) is 0 Å². The van der Waals surface area contributed by atoms with Crippen molar-refractivity contribution in [2.75, 3.05) is 18.5 Å². The van der Waals surface area contributed by atoms with Crippen LogP contribution >= 0.6 is 11.6 Å². The highest BCUT2D eigenvalue weighted by Gasteiger charge is 2.40. The summed E-state index contributed by atoms with van der Waals surface area (Å²) in [6.07, 6.45) is 7.43. The van der Waals surface area contributed by atoms with Crippen LogP contribution in [0.4, 0.5) is 16.0 Å². The Labute approximate surface area is 198 Å². The van der Waals surface area contributed by atoms with Crippen LogP contribution in [0.3, 0.4) is 0 Å². The van der Waals surface area contributed by atoms with E-state index in [1.807, 2.05) is 6.07 Å². The monoisotopic (exact) mass is 472 g/mol. The van der Waals surface area contributed by atoms with Gasteiger partial charge in [0.1, 0.15) is 11.5 Å². The number of fused-ring (bicyclic) bond motifs is 1. The smallest absolute Gasteiger partial charge is 0.223 e. The van der Waals surface area contributed by atoms with E-state index in [2.05, 4.69) is 29.1 Å². The molecular weight excluding hydrogens is 443 g/mol. The Kier molecular flexibility index (Phi) is 6.14. The zero-order chi connectivity index (χ0) is 23.2. The van der Waals surface area contributed by atoms with Gasteiger partial charge >= 0.3 is 0 Å². The Balaban J connectivity index is 1.47. The van der Waals surface area contributed by atoms with Crippen molar-refractivity contribution in [2.24, 2.45) is 10.9 Å². The highest BCUT2D eigenvalue weighted by atomic mass is 35.5. The van der Waals surface area contributed by atoms with Gasteiger partial charge in [0.05, 0.1) is 35.7 Å². The quantitative estimate of drug-likeness (QED) is 0.619. The summed E-state index contributed by atoms with van der Waals surface area (Å²) in [5.74, 6) is 0.401. The van der Waals surface area contributed by atoms with Gasteiger partial charge in [-0.1, -0.05) is 44.7 Å². The SMILES string of the molecule is CC1(C)C(C2CCCCC2)=Nc2c(F)cc(-c3nc(N[C@@H]4CCOC[C@H]4O)ncc3Cl)cc21. The first-order valence-corrected chi connectivity index (χ1v) is 12.2. The molecule has 33 heavy (non-hydrogen) atoms. The number of aromatic nitrogens is 2. The van der Waals surface area contributed by atoms with Gasteiger partial charge in [0.25, 0.3) is 0 Å². The molecule has 2 fully saturated rings. The number of ether oxygens (including phenoxy) is 1. The van der Waals surface area contributed by atoms with E-state index >= 15 is 4.39 Å². The fourth-order valence-corrected chi connectivity index (χ4v) is 5.60. The molecule has 0 spiro atoms.